The van der Waals surface area contributed by atoms with Gasteiger partial charge in [0.05, 0.1) is 17.4 Å². The van der Waals surface area contributed by atoms with Gasteiger partial charge in [-0.3, -0.25) is 0 Å². The molecule has 114 valence electrons. The van der Waals surface area contributed by atoms with E-state index in [9.17, 15) is 13.2 Å². The first-order valence-corrected chi connectivity index (χ1v) is 6.36. The van der Waals surface area contributed by atoms with Crippen molar-refractivity contribution in [2.24, 2.45) is 0 Å². The van der Waals surface area contributed by atoms with E-state index in [1.54, 1.807) is 12.1 Å². The lowest BCUT2D eigenvalue weighted by molar-refractivity contribution is -0.137. The van der Waals surface area contributed by atoms with Crippen molar-refractivity contribution >= 4 is 11.5 Å². The number of hydrogen-bond donors (Lipinski definition) is 2. The van der Waals surface area contributed by atoms with Crippen LogP contribution in [0.3, 0.4) is 0 Å². The number of anilines is 2. The minimum Gasteiger partial charge on any atom is -0.382 e. The molecule has 0 fully saturated rings. The number of nitrogens with one attached hydrogen (secondary N) is 2. The van der Waals surface area contributed by atoms with Gasteiger partial charge in [0.1, 0.15) is 17.6 Å². The summed E-state index contributed by atoms with van der Waals surface area (Å²) in [5, 5.41) is 14.6. The van der Waals surface area contributed by atoms with Gasteiger partial charge in [-0.05, 0) is 24.3 Å². The molecule has 2 aromatic heterocycles. The third kappa shape index (κ3) is 4.34. The molecular formula is C14H12F3N5. The van der Waals surface area contributed by atoms with Crippen LogP contribution in [0, 0.1) is 11.3 Å². The van der Waals surface area contributed by atoms with Crippen LogP contribution in [0.5, 0.6) is 0 Å². The Morgan fingerprint density at radius 2 is 1.77 bits per heavy atom. The van der Waals surface area contributed by atoms with Gasteiger partial charge in [0.25, 0.3) is 0 Å². The number of pyridine rings is 2. The average Bonchev–Trinajstić information content (AvgIpc) is 2.52. The molecule has 0 amide bonds. The van der Waals surface area contributed by atoms with E-state index >= 15 is 0 Å². The van der Waals surface area contributed by atoms with E-state index in [1.165, 1.54) is 12.3 Å². The summed E-state index contributed by atoms with van der Waals surface area (Å²) >= 11 is 0. The van der Waals surface area contributed by atoms with Crippen LogP contribution >= 0.6 is 0 Å². The van der Waals surface area contributed by atoms with Crippen molar-refractivity contribution in [3.8, 4) is 6.07 Å². The molecule has 0 radical (unpaired) electrons. The monoisotopic (exact) mass is 307 g/mol. The largest absolute Gasteiger partial charge is 0.417 e. The highest BCUT2D eigenvalue weighted by atomic mass is 19.4. The molecule has 0 saturated carbocycles. The van der Waals surface area contributed by atoms with Gasteiger partial charge in [0, 0.05) is 19.3 Å². The van der Waals surface area contributed by atoms with Gasteiger partial charge < -0.3 is 10.6 Å². The van der Waals surface area contributed by atoms with Crippen molar-refractivity contribution in [3.05, 3.63) is 47.9 Å². The average molecular weight is 307 g/mol. The highest BCUT2D eigenvalue weighted by Crippen LogP contribution is 2.28. The number of nitrogens with zero attached hydrogens (tertiary/aromatic N) is 3. The Bertz CT molecular complexity index is 644. The van der Waals surface area contributed by atoms with E-state index in [-0.39, 0.29) is 0 Å². The van der Waals surface area contributed by atoms with Crippen LogP contribution in [0.25, 0.3) is 0 Å². The van der Waals surface area contributed by atoms with Gasteiger partial charge in [0.15, 0.2) is 0 Å². The Morgan fingerprint density at radius 1 is 1.00 bits per heavy atom. The fourth-order valence-electron chi connectivity index (χ4n) is 1.63. The quantitative estimate of drug-likeness (QED) is 0.831. The smallest absolute Gasteiger partial charge is 0.382 e. The number of aromatic nitrogens is 2. The topological polar surface area (TPSA) is 73.6 Å². The minimum absolute atomic E-state index is 0.331. The summed E-state index contributed by atoms with van der Waals surface area (Å²) in [5.74, 6) is 0.368. The fourth-order valence-corrected chi connectivity index (χ4v) is 1.63. The van der Waals surface area contributed by atoms with Gasteiger partial charge in [0.2, 0.25) is 0 Å². The normalized spacial score (nSPS) is 10.8. The summed E-state index contributed by atoms with van der Waals surface area (Å²) in [4.78, 5) is 7.61. The van der Waals surface area contributed by atoms with Crippen molar-refractivity contribution in [2.45, 2.75) is 6.18 Å². The molecule has 0 saturated heterocycles. The van der Waals surface area contributed by atoms with E-state index < -0.39 is 11.7 Å². The number of halogens is 3. The van der Waals surface area contributed by atoms with Crippen LogP contribution in [0.4, 0.5) is 24.7 Å². The SMILES string of the molecule is N#Cc1ccc(NCCNc2ccc(C(F)(F)F)cn2)cn1. The summed E-state index contributed by atoms with van der Waals surface area (Å²) in [5.41, 5.74) is 0.304. The highest BCUT2D eigenvalue weighted by molar-refractivity contribution is 5.43. The van der Waals surface area contributed by atoms with Crippen LogP contribution in [0.1, 0.15) is 11.3 Å². The van der Waals surface area contributed by atoms with Gasteiger partial charge in [-0.15, -0.1) is 0 Å². The van der Waals surface area contributed by atoms with Crippen LogP contribution in [-0.2, 0) is 6.18 Å². The molecular weight excluding hydrogens is 295 g/mol. The number of nitriles is 1. The molecule has 0 aliphatic rings. The molecule has 2 N–H and O–H groups in total. The number of rotatable bonds is 5. The second kappa shape index (κ2) is 6.76. The number of hydrogen-bond acceptors (Lipinski definition) is 5. The molecule has 0 bridgehead atoms. The molecule has 0 aliphatic heterocycles. The first kappa shape index (κ1) is 15.6. The van der Waals surface area contributed by atoms with E-state index in [4.69, 9.17) is 5.26 Å². The molecule has 2 aromatic rings. The van der Waals surface area contributed by atoms with Crippen LogP contribution in [-0.4, -0.2) is 23.1 Å². The Labute approximate surface area is 124 Å². The maximum Gasteiger partial charge on any atom is 0.417 e. The zero-order valence-electron chi connectivity index (χ0n) is 11.4. The van der Waals surface area contributed by atoms with Crippen LogP contribution < -0.4 is 10.6 Å². The van der Waals surface area contributed by atoms with Crippen molar-refractivity contribution in [1.82, 2.24) is 9.97 Å². The van der Waals surface area contributed by atoms with E-state index in [0.29, 0.717) is 24.6 Å². The molecule has 0 aromatic carbocycles. The van der Waals surface area contributed by atoms with Gasteiger partial charge >= 0.3 is 6.18 Å². The Kier molecular flexibility index (Phi) is 4.78. The lowest BCUT2D eigenvalue weighted by Crippen LogP contribution is -2.15. The number of alkyl halides is 3. The highest BCUT2D eigenvalue weighted by Gasteiger charge is 2.30. The summed E-state index contributed by atoms with van der Waals surface area (Å²) < 4.78 is 37.1. The first-order valence-electron chi connectivity index (χ1n) is 6.36. The van der Waals surface area contributed by atoms with Gasteiger partial charge in [-0.2, -0.15) is 18.4 Å². The van der Waals surface area contributed by atoms with Crippen molar-refractivity contribution in [1.29, 1.82) is 5.26 Å². The zero-order chi connectivity index (χ0) is 16.0. The molecule has 8 heteroatoms. The van der Waals surface area contributed by atoms with Crippen LogP contribution in [0.2, 0.25) is 0 Å². The Hall–Kier alpha value is -2.82. The maximum atomic E-state index is 12.4. The van der Waals surface area contributed by atoms with Gasteiger partial charge in [-0.25, -0.2) is 9.97 Å². The third-order valence-corrected chi connectivity index (χ3v) is 2.73. The lowest BCUT2D eigenvalue weighted by atomic mass is 10.3. The predicted molar refractivity (Wildman–Crippen MR) is 75.2 cm³/mol. The van der Waals surface area contributed by atoms with Crippen molar-refractivity contribution < 1.29 is 13.2 Å². The molecule has 5 nitrogen and oxygen atoms in total. The van der Waals surface area contributed by atoms with Crippen LogP contribution in [0.15, 0.2) is 36.7 Å². The third-order valence-electron chi connectivity index (χ3n) is 2.73. The molecule has 2 heterocycles. The molecule has 2 rings (SSSR count). The molecule has 0 atom stereocenters. The Balaban J connectivity index is 1.77. The molecule has 0 unspecified atom stereocenters. The standard InChI is InChI=1S/C14H12F3N5/c15-14(16,17)10-1-4-13(22-8-10)20-6-5-19-12-3-2-11(7-18)21-9-12/h1-4,8-9,19H,5-6H2,(H,20,22). The fraction of sp³-hybridized carbons (Fsp3) is 0.214. The lowest BCUT2D eigenvalue weighted by Gasteiger charge is -2.09. The Morgan fingerprint density at radius 3 is 2.32 bits per heavy atom. The summed E-state index contributed by atoms with van der Waals surface area (Å²) in [6.45, 7) is 0.995. The molecule has 22 heavy (non-hydrogen) atoms. The summed E-state index contributed by atoms with van der Waals surface area (Å²) in [6.07, 6.45) is -2.05. The second-order valence-corrected chi connectivity index (χ2v) is 4.33. The molecule has 0 aliphatic carbocycles. The van der Waals surface area contributed by atoms with Crippen molar-refractivity contribution in [3.63, 3.8) is 0 Å². The first-order chi connectivity index (χ1) is 10.5. The zero-order valence-corrected chi connectivity index (χ0v) is 11.4. The van der Waals surface area contributed by atoms with E-state index in [2.05, 4.69) is 20.6 Å². The maximum absolute atomic E-state index is 12.4. The second-order valence-electron chi connectivity index (χ2n) is 4.33. The van der Waals surface area contributed by atoms with Gasteiger partial charge in [-0.1, -0.05) is 0 Å². The van der Waals surface area contributed by atoms with E-state index in [1.807, 2.05) is 6.07 Å². The van der Waals surface area contributed by atoms with E-state index in [0.717, 1.165) is 18.0 Å². The van der Waals surface area contributed by atoms with Crippen molar-refractivity contribution in [2.75, 3.05) is 23.7 Å². The molecule has 0 spiro atoms. The summed E-state index contributed by atoms with van der Waals surface area (Å²) in [7, 11) is 0. The minimum atomic E-state index is -4.38. The predicted octanol–water partition coefficient (Wildman–Crippen LogP) is 2.89. The summed E-state index contributed by atoms with van der Waals surface area (Å²) in [6, 6.07) is 7.50.